The number of aliphatic hydroxyl groups is 2. The lowest BCUT2D eigenvalue weighted by Crippen LogP contribution is -2.67. The first kappa shape index (κ1) is 23.4. The minimum Gasteiger partial charge on any atom is -0.396 e. The van der Waals surface area contributed by atoms with Crippen molar-refractivity contribution in [3.05, 3.63) is 12.2 Å². The van der Waals surface area contributed by atoms with Crippen LogP contribution >= 0.6 is 0 Å². The molecule has 2 heteroatoms. The van der Waals surface area contributed by atoms with Gasteiger partial charge in [-0.05, 0) is 122 Å². The maximum Gasteiger partial charge on any atom is 0.0618 e. The smallest absolute Gasteiger partial charge is 0.0618 e. The summed E-state index contributed by atoms with van der Waals surface area (Å²) in [4.78, 5) is 0. The molecule has 5 rings (SSSR count). The number of fused-ring (bicyclic) bond motifs is 7. The molecule has 11 atom stereocenters. The van der Waals surface area contributed by atoms with E-state index in [9.17, 15) is 10.2 Å². The summed E-state index contributed by atoms with van der Waals surface area (Å²) in [6, 6.07) is 0. The van der Waals surface area contributed by atoms with Crippen molar-refractivity contribution in [1.29, 1.82) is 0 Å². The standard InChI is InChI=1S/C30H50O2/c1-19(2)20-10-13-26(3)16-17-29(6)21(25(20)26)8-9-23-27(4)14-12-24(32)28(5,18-31)22(27)11-15-30(23,29)7/h20-25,31-32H,1,8-18H2,2-7H3/t20-,21?,22+,23+,24-,25+,26+,27-,28-,29+,30+/m0/s1. The molecule has 0 bridgehead atoms. The molecule has 0 radical (unpaired) electrons. The Kier molecular flexibility index (Phi) is 5.19. The van der Waals surface area contributed by atoms with Crippen LogP contribution < -0.4 is 0 Å². The third-order valence-corrected chi connectivity index (χ3v) is 13.6. The van der Waals surface area contributed by atoms with Crippen molar-refractivity contribution in [2.24, 2.45) is 56.7 Å². The molecule has 0 aromatic carbocycles. The Bertz CT molecular complexity index is 790. The summed E-state index contributed by atoms with van der Waals surface area (Å²) >= 11 is 0. The number of allylic oxidation sites excluding steroid dienone is 1. The third kappa shape index (κ3) is 2.66. The minimum absolute atomic E-state index is 0.123. The lowest BCUT2D eigenvalue weighted by atomic mass is 9.32. The Labute approximate surface area is 197 Å². The average molecular weight is 443 g/mol. The van der Waals surface area contributed by atoms with Gasteiger partial charge in [0.05, 0.1) is 12.7 Å². The lowest BCUT2D eigenvalue weighted by Gasteiger charge is -2.73. The Balaban J connectivity index is 1.54. The first-order valence-corrected chi connectivity index (χ1v) is 13.8. The van der Waals surface area contributed by atoms with Crippen molar-refractivity contribution in [2.75, 3.05) is 6.61 Å². The molecule has 182 valence electrons. The quantitative estimate of drug-likeness (QED) is 0.452. The van der Waals surface area contributed by atoms with Gasteiger partial charge in [0, 0.05) is 5.41 Å². The number of hydrogen-bond acceptors (Lipinski definition) is 2. The SMILES string of the molecule is C=C(C)[C@@H]1CC[C@]2(C)CC[C@]3(C)C(CC[C@@H]4[C@@]5(C)CC[C@H](O)[C@@](C)(CO)[C@@H]5CC[C@]43C)[C@@H]12. The molecular weight excluding hydrogens is 392 g/mol. The molecule has 5 fully saturated rings. The van der Waals surface area contributed by atoms with E-state index in [4.69, 9.17) is 0 Å². The zero-order chi connectivity index (χ0) is 23.3. The number of aliphatic hydroxyl groups excluding tert-OH is 2. The van der Waals surface area contributed by atoms with Crippen LogP contribution in [-0.2, 0) is 0 Å². The highest BCUT2D eigenvalue weighted by molar-refractivity contribution is 5.21. The van der Waals surface area contributed by atoms with Gasteiger partial charge in [-0.1, -0.05) is 46.8 Å². The van der Waals surface area contributed by atoms with E-state index in [-0.39, 0.29) is 23.5 Å². The van der Waals surface area contributed by atoms with Gasteiger partial charge in [-0.2, -0.15) is 0 Å². The lowest BCUT2D eigenvalue weighted by molar-refractivity contribution is -0.253. The van der Waals surface area contributed by atoms with E-state index in [1.165, 1.54) is 56.9 Å². The van der Waals surface area contributed by atoms with Gasteiger partial charge in [0.1, 0.15) is 0 Å². The van der Waals surface area contributed by atoms with Crippen LogP contribution in [0.4, 0.5) is 0 Å². The fourth-order valence-electron chi connectivity index (χ4n) is 11.5. The molecule has 32 heavy (non-hydrogen) atoms. The summed E-state index contributed by atoms with van der Waals surface area (Å²) in [6.45, 7) is 19.6. The van der Waals surface area contributed by atoms with Crippen LogP contribution in [0.3, 0.4) is 0 Å². The summed E-state index contributed by atoms with van der Waals surface area (Å²) in [5, 5.41) is 21.3. The molecule has 0 aliphatic heterocycles. The largest absolute Gasteiger partial charge is 0.396 e. The second-order valence-electron chi connectivity index (χ2n) is 14.6. The highest BCUT2D eigenvalue weighted by Gasteiger charge is 2.70. The van der Waals surface area contributed by atoms with Gasteiger partial charge in [-0.15, -0.1) is 0 Å². The van der Waals surface area contributed by atoms with Crippen LogP contribution in [0.15, 0.2) is 12.2 Å². The molecule has 0 aromatic heterocycles. The predicted molar refractivity (Wildman–Crippen MR) is 132 cm³/mol. The Morgan fingerprint density at radius 1 is 0.812 bits per heavy atom. The summed E-state index contributed by atoms with van der Waals surface area (Å²) in [7, 11) is 0. The highest BCUT2D eigenvalue weighted by Crippen LogP contribution is 2.77. The van der Waals surface area contributed by atoms with Crippen LogP contribution in [0, 0.1) is 56.7 Å². The van der Waals surface area contributed by atoms with E-state index < -0.39 is 0 Å². The van der Waals surface area contributed by atoms with Crippen molar-refractivity contribution < 1.29 is 10.2 Å². The van der Waals surface area contributed by atoms with Gasteiger partial charge in [0.2, 0.25) is 0 Å². The van der Waals surface area contributed by atoms with Crippen LogP contribution in [0.1, 0.15) is 106 Å². The van der Waals surface area contributed by atoms with E-state index in [1.807, 2.05) is 0 Å². The maximum absolute atomic E-state index is 10.9. The van der Waals surface area contributed by atoms with Gasteiger partial charge in [-0.25, -0.2) is 0 Å². The molecule has 5 aliphatic rings. The predicted octanol–water partition coefficient (Wildman–Crippen LogP) is 7.00. The Morgan fingerprint density at radius 2 is 1.53 bits per heavy atom. The molecule has 0 spiro atoms. The zero-order valence-corrected chi connectivity index (χ0v) is 21.8. The number of rotatable bonds is 2. The molecule has 2 nitrogen and oxygen atoms in total. The fraction of sp³-hybridized carbons (Fsp3) is 0.933. The summed E-state index contributed by atoms with van der Waals surface area (Å²) in [5.74, 6) is 3.51. The van der Waals surface area contributed by atoms with Gasteiger partial charge in [0.15, 0.2) is 0 Å². The Hall–Kier alpha value is -0.340. The van der Waals surface area contributed by atoms with Crippen LogP contribution in [0.2, 0.25) is 0 Å². The van der Waals surface area contributed by atoms with Crippen molar-refractivity contribution in [1.82, 2.24) is 0 Å². The second kappa shape index (κ2) is 7.09. The molecule has 5 aliphatic carbocycles. The minimum atomic E-state index is -0.355. The molecule has 0 saturated heterocycles. The first-order chi connectivity index (χ1) is 14.9. The Morgan fingerprint density at radius 3 is 2.19 bits per heavy atom. The van der Waals surface area contributed by atoms with E-state index >= 15 is 0 Å². The van der Waals surface area contributed by atoms with Gasteiger partial charge in [-0.3, -0.25) is 0 Å². The second-order valence-corrected chi connectivity index (χ2v) is 14.6. The van der Waals surface area contributed by atoms with Crippen LogP contribution in [0.25, 0.3) is 0 Å². The summed E-state index contributed by atoms with van der Waals surface area (Å²) in [5.41, 5.74) is 2.62. The zero-order valence-electron chi connectivity index (χ0n) is 21.8. The third-order valence-electron chi connectivity index (χ3n) is 13.6. The van der Waals surface area contributed by atoms with Crippen molar-refractivity contribution in [3.63, 3.8) is 0 Å². The summed E-state index contributed by atoms with van der Waals surface area (Å²) < 4.78 is 0. The van der Waals surface area contributed by atoms with E-state index in [1.54, 1.807) is 0 Å². The molecular formula is C30H50O2. The molecule has 1 unspecified atom stereocenters. The first-order valence-electron chi connectivity index (χ1n) is 13.8. The van der Waals surface area contributed by atoms with Gasteiger partial charge < -0.3 is 10.2 Å². The molecule has 0 heterocycles. The van der Waals surface area contributed by atoms with Crippen molar-refractivity contribution in [2.45, 2.75) is 112 Å². The maximum atomic E-state index is 10.9. The van der Waals surface area contributed by atoms with E-state index in [0.717, 1.165) is 30.6 Å². The summed E-state index contributed by atoms with van der Waals surface area (Å²) in [6.07, 6.45) is 12.3. The normalized spacial score (nSPS) is 59.5. The monoisotopic (exact) mass is 442 g/mol. The van der Waals surface area contributed by atoms with E-state index in [0.29, 0.717) is 28.1 Å². The topological polar surface area (TPSA) is 40.5 Å². The fourth-order valence-corrected chi connectivity index (χ4v) is 11.5. The molecule has 0 aromatic rings. The average Bonchev–Trinajstić information content (AvgIpc) is 3.09. The molecule has 5 saturated carbocycles. The van der Waals surface area contributed by atoms with Crippen LogP contribution in [-0.4, -0.2) is 22.9 Å². The van der Waals surface area contributed by atoms with Crippen LogP contribution in [0.5, 0.6) is 0 Å². The molecule has 2 N–H and O–H groups in total. The van der Waals surface area contributed by atoms with Gasteiger partial charge >= 0.3 is 0 Å². The van der Waals surface area contributed by atoms with Crippen molar-refractivity contribution >= 4 is 0 Å². The molecule has 0 amide bonds. The van der Waals surface area contributed by atoms with Crippen molar-refractivity contribution in [3.8, 4) is 0 Å². The van der Waals surface area contributed by atoms with Gasteiger partial charge in [0.25, 0.3) is 0 Å². The van der Waals surface area contributed by atoms with E-state index in [2.05, 4.69) is 48.1 Å². The number of hydrogen-bond donors (Lipinski definition) is 2. The highest BCUT2D eigenvalue weighted by atomic mass is 16.3.